The molecule has 3 heterocycles. The molecule has 2 aromatic rings. The van der Waals surface area contributed by atoms with Gasteiger partial charge >= 0.3 is 0 Å². The quantitative estimate of drug-likeness (QED) is 0.806. The van der Waals surface area contributed by atoms with Crippen LogP contribution in [0.15, 0.2) is 16.9 Å². The summed E-state index contributed by atoms with van der Waals surface area (Å²) in [4.78, 5) is 4.27. The van der Waals surface area contributed by atoms with Crippen LogP contribution in [0.25, 0.3) is 11.4 Å². The van der Waals surface area contributed by atoms with Gasteiger partial charge < -0.3 is 9.84 Å². The van der Waals surface area contributed by atoms with E-state index in [0.29, 0.717) is 24.7 Å². The van der Waals surface area contributed by atoms with E-state index in [2.05, 4.69) is 20.6 Å². The minimum atomic E-state index is -2.96. The van der Waals surface area contributed by atoms with Crippen LogP contribution in [0.3, 0.4) is 0 Å². The molecule has 8 nitrogen and oxygen atoms in total. The van der Waals surface area contributed by atoms with Crippen LogP contribution in [-0.4, -0.2) is 52.4 Å². The first kappa shape index (κ1) is 13.3. The molecule has 0 amide bonds. The molecule has 9 heteroatoms. The molecule has 1 aliphatic rings. The molecular formula is C11H15N5O3S. The van der Waals surface area contributed by atoms with Gasteiger partial charge in [0.2, 0.25) is 11.7 Å². The van der Waals surface area contributed by atoms with Crippen molar-refractivity contribution in [2.45, 2.75) is 12.5 Å². The summed E-state index contributed by atoms with van der Waals surface area (Å²) in [6.45, 7) is 0.469. The largest absolute Gasteiger partial charge is 0.339 e. The van der Waals surface area contributed by atoms with Gasteiger partial charge in [-0.15, -0.1) is 0 Å². The van der Waals surface area contributed by atoms with Gasteiger partial charge in [-0.3, -0.25) is 4.68 Å². The van der Waals surface area contributed by atoms with Crippen LogP contribution in [0.5, 0.6) is 0 Å². The zero-order valence-corrected chi connectivity index (χ0v) is 11.8. The van der Waals surface area contributed by atoms with Crippen LogP contribution < -0.4 is 5.32 Å². The van der Waals surface area contributed by atoms with Gasteiger partial charge in [0.1, 0.15) is 0 Å². The molecular weight excluding hydrogens is 282 g/mol. The van der Waals surface area contributed by atoms with Gasteiger partial charge in [0, 0.05) is 32.3 Å². The summed E-state index contributed by atoms with van der Waals surface area (Å²) in [6.07, 6.45) is 3.85. The molecule has 1 atom stereocenters. The van der Waals surface area contributed by atoms with Crippen molar-refractivity contribution < 1.29 is 12.9 Å². The Hall–Kier alpha value is -1.74. The summed E-state index contributed by atoms with van der Waals surface area (Å²) in [5.41, 5.74) is 0.770. The highest BCUT2D eigenvalue weighted by molar-refractivity contribution is 7.91. The van der Waals surface area contributed by atoms with Crippen LogP contribution in [-0.2, 0) is 23.3 Å². The molecule has 1 N–H and O–H groups in total. The van der Waals surface area contributed by atoms with Gasteiger partial charge in [-0.1, -0.05) is 5.16 Å². The summed E-state index contributed by atoms with van der Waals surface area (Å²) in [5, 5.41) is 11.1. The lowest BCUT2D eigenvalue weighted by atomic mass is 10.2. The van der Waals surface area contributed by atoms with Crippen LogP contribution in [0.1, 0.15) is 5.89 Å². The van der Waals surface area contributed by atoms with Crippen molar-refractivity contribution in [3.63, 3.8) is 0 Å². The zero-order chi connectivity index (χ0) is 14.2. The lowest BCUT2D eigenvalue weighted by molar-refractivity contribution is 0.361. The third-order valence-corrected chi connectivity index (χ3v) is 4.89. The first-order valence-electron chi connectivity index (χ1n) is 6.27. The SMILES string of the molecule is Cn1cc(-c2noc(CC3CS(=O)(=O)CCN3)n2)cn1. The summed E-state index contributed by atoms with van der Waals surface area (Å²) < 4.78 is 29.9. The number of sulfone groups is 1. The maximum Gasteiger partial charge on any atom is 0.228 e. The maximum atomic E-state index is 11.6. The fourth-order valence-electron chi connectivity index (χ4n) is 2.20. The van der Waals surface area contributed by atoms with Crippen LogP contribution in [0.4, 0.5) is 0 Å². The molecule has 0 saturated carbocycles. The van der Waals surface area contributed by atoms with E-state index in [1.54, 1.807) is 24.1 Å². The molecule has 1 aliphatic heterocycles. The van der Waals surface area contributed by atoms with E-state index in [4.69, 9.17) is 4.52 Å². The lowest BCUT2D eigenvalue weighted by Gasteiger charge is -2.21. The fraction of sp³-hybridized carbons (Fsp3) is 0.545. The van der Waals surface area contributed by atoms with E-state index in [1.165, 1.54) is 0 Å². The van der Waals surface area contributed by atoms with E-state index < -0.39 is 9.84 Å². The third kappa shape index (κ3) is 2.88. The normalized spacial score (nSPS) is 21.9. The Bertz CT molecular complexity index is 705. The molecule has 0 radical (unpaired) electrons. The average molecular weight is 297 g/mol. The second kappa shape index (κ2) is 4.98. The fourth-order valence-corrected chi connectivity index (χ4v) is 3.65. The maximum absolute atomic E-state index is 11.6. The highest BCUT2D eigenvalue weighted by Gasteiger charge is 2.26. The number of rotatable bonds is 3. The average Bonchev–Trinajstić information content (AvgIpc) is 2.97. The number of hydrogen-bond donors (Lipinski definition) is 1. The Morgan fingerprint density at radius 2 is 2.40 bits per heavy atom. The van der Waals surface area contributed by atoms with Crippen molar-refractivity contribution in [3.05, 3.63) is 18.3 Å². The molecule has 20 heavy (non-hydrogen) atoms. The lowest BCUT2D eigenvalue weighted by Crippen LogP contribution is -2.46. The van der Waals surface area contributed by atoms with Crippen LogP contribution in [0, 0.1) is 0 Å². The summed E-state index contributed by atoms with van der Waals surface area (Å²) in [6, 6.07) is -0.170. The second-order valence-corrected chi connectivity index (χ2v) is 7.11. The Kier molecular flexibility index (Phi) is 3.30. The van der Waals surface area contributed by atoms with E-state index in [1.807, 2.05) is 0 Å². The molecule has 0 aliphatic carbocycles. The Labute approximate surface area is 116 Å². The van der Waals surface area contributed by atoms with Crippen molar-refractivity contribution in [1.29, 1.82) is 0 Å². The smallest absolute Gasteiger partial charge is 0.228 e. The molecule has 1 fully saturated rings. The molecule has 0 aromatic carbocycles. The van der Waals surface area contributed by atoms with Gasteiger partial charge in [0.15, 0.2) is 9.84 Å². The van der Waals surface area contributed by atoms with Crippen LogP contribution in [0.2, 0.25) is 0 Å². The van der Waals surface area contributed by atoms with Crippen molar-refractivity contribution in [2.24, 2.45) is 7.05 Å². The third-order valence-electron chi connectivity index (χ3n) is 3.15. The number of nitrogens with zero attached hydrogens (tertiary/aromatic N) is 4. The Balaban J connectivity index is 1.71. The minimum absolute atomic E-state index is 0.109. The van der Waals surface area contributed by atoms with E-state index in [9.17, 15) is 8.42 Å². The monoisotopic (exact) mass is 297 g/mol. The molecule has 108 valence electrons. The number of hydrogen-bond acceptors (Lipinski definition) is 7. The predicted octanol–water partition coefficient (Wildman–Crippen LogP) is -0.601. The molecule has 0 bridgehead atoms. The Morgan fingerprint density at radius 1 is 1.55 bits per heavy atom. The van der Waals surface area contributed by atoms with Crippen molar-refractivity contribution in [3.8, 4) is 11.4 Å². The van der Waals surface area contributed by atoms with Gasteiger partial charge in [0.05, 0.1) is 23.3 Å². The van der Waals surface area contributed by atoms with E-state index in [0.717, 1.165) is 5.56 Å². The van der Waals surface area contributed by atoms with Crippen LogP contribution >= 0.6 is 0 Å². The summed E-state index contributed by atoms with van der Waals surface area (Å²) >= 11 is 0. The molecule has 0 spiro atoms. The second-order valence-electron chi connectivity index (χ2n) is 4.88. The van der Waals surface area contributed by atoms with E-state index >= 15 is 0 Å². The predicted molar refractivity (Wildman–Crippen MR) is 70.6 cm³/mol. The Morgan fingerprint density at radius 3 is 3.10 bits per heavy atom. The molecule has 2 aromatic heterocycles. The first-order valence-corrected chi connectivity index (χ1v) is 8.09. The highest BCUT2D eigenvalue weighted by Crippen LogP contribution is 2.15. The highest BCUT2D eigenvalue weighted by atomic mass is 32.2. The van der Waals surface area contributed by atoms with E-state index in [-0.39, 0.29) is 17.5 Å². The summed E-state index contributed by atoms with van der Waals surface area (Å²) in [7, 11) is -1.15. The van der Waals surface area contributed by atoms with Gasteiger partial charge in [-0.05, 0) is 0 Å². The molecule has 1 saturated heterocycles. The zero-order valence-electron chi connectivity index (χ0n) is 11.0. The van der Waals surface area contributed by atoms with Crippen molar-refractivity contribution in [1.82, 2.24) is 25.2 Å². The van der Waals surface area contributed by atoms with Crippen molar-refractivity contribution in [2.75, 3.05) is 18.1 Å². The van der Waals surface area contributed by atoms with Gasteiger partial charge in [-0.2, -0.15) is 10.1 Å². The van der Waals surface area contributed by atoms with Gasteiger partial charge in [-0.25, -0.2) is 8.42 Å². The standard InChI is InChI=1S/C11H15N5O3S/c1-16-6-8(5-13-16)11-14-10(19-15-11)4-9-7-20(17,18)3-2-12-9/h5-6,9,12H,2-4,7H2,1H3. The van der Waals surface area contributed by atoms with Gasteiger partial charge in [0.25, 0.3) is 0 Å². The summed E-state index contributed by atoms with van der Waals surface area (Å²) in [5.74, 6) is 1.19. The first-order chi connectivity index (χ1) is 9.52. The number of nitrogens with one attached hydrogen (secondary N) is 1. The number of aromatic nitrogens is 4. The minimum Gasteiger partial charge on any atom is -0.339 e. The molecule has 3 rings (SSSR count). The topological polar surface area (TPSA) is 103 Å². The molecule has 1 unspecified atom stereocenters. The number of aryl methyl sites for hydroxylation is 1. The van der Waals surface area contributed by atoms with Crippen molar-refractivity contribution >= 4 is 9.84 Å².